The molecule has 0 aliphatic carbocycles. The number of hydrogen-bond acceptors (Lipinski definition) is 1. The fraction of sp³-hybridized carbons (Fsp3) is 0.368. The van der Waals surface area contributed by atoms with Gasteiger partial charge in [-0.1, -0.05) is 81.4 Å². The number of nitrogens with one attached hydrogen (secondary N) is 1. The monoisotopic (exact) mass is 267 g/mol. The zero-order chi connectivity index (χ0) is 14.6. The molecule has 2 rings (SSSR count). The molecule has 0 fully saturated rings. The minimum absolute atomic E-state index is 0.238. The van der Waals surface area contributed by atoms with Crippen LogP contribution in [0.1, 0.15) is 44.9 Å². The summed E-state index contributed by atoms with van der Waals surface area (Å²) in [5.74, 6) is 0. The highest BCUT2D eigenvalue weighted by molar-refractivity contribution is 5.31. The van der Waals surface area contributed by atoms with Gasteiger partial charge in [0.1, 0.15) is 0 Å². The first kappa shape index (κ1) is 14.8. The van der Waals surface area contributed by atoms with Crippen LogP contribution in [0, 0.1) is 5.41 Å². The fourth-order valence-corrected chi connectivity index (χ4v) is 2.18. The fourth-order valence-electron chi connectivity index (χ4n) is 2.18. The first-order valence-electron chi connectivity index (χ1n) is 7.34. The summed E-state index contributed by atoms with van der Waals surface area (Å²) < 4.78 is 0. The van der Waals surface area contributed by atoms with Crippen molar-refractivity contribution in [3.63, 3.8) is 0 Å². The Morgan fingerprint density at radius 2 is 1.15 bits per heavy atom. The van der Waals surface area contributed by atoms with E-state index in [1.54, 1.807) is 0 Å². The van der Waals surface area contributed by atoms with Crippen molar-refractivity contribution in [2.24, 2.45) is 5.41 Å². The summed E-state index contributed by atoms with van der Waals surface area (Å²) in [5.41, 5.74) is 2.87. The van der Waals surface area contributed by atoms with Gasteiger partial charge in [0.05, 0.1) is 6.04 Å². The molecule has 1 heteroatoms. The van der Waals surface area contributed by atoms with Crippen LogP contribution in [-0.2, 0) is 0 Å². The largest absolute Gasteiger partial charge is 0.303 e. The van der Waals surface area contributed by atoms with Crippen LogP contribution < -0.4 is 5.32 Å². The minimum atomic E-state index is 0.238. The van der Waals surface area contributed by atoms with Gasteiger partial charge in [-0.15, -0.1) is 0 Å². The second-order valence-corrected chi connectivity index (χ2v) is 6.51. The Balaban J connectivity index is 2.31. The van der Waals surface area contributed by atoms with E-state index in [4.69, 9.17) is 0 Å². The predicted octanol–water partition coefficient (Wildman–Crippen LogP) is 4.80. The SMILES string of the molecule is CC(NC(c1ccccc1)c1ccccc1)C(C)(C)C. The van der Waals surface area contributed by atoms with Gasteiger partial charge in [-0.3, -0.25) is 0 Å². The van der Waals surface area contributed by atoms with Crippen LogP contribution >= 0.6 is 0 Å². The average Bonchev–Trinajstić information content (AvgIpc) is 2.45. The highest BCUT2D eigenvalue weighted by atomic mass is 15.0. The van der Waals surface area contributed by atoms with Crippen molar-refractivity contribution in [3.05, 3.63) is 71.8 Å². The molecule has 106 valence electrons. The molecule has 0 radical (unpaired) electrons. The van der Waals surface area contributed by atoms with Gasteiger partial charge in [-0.2, -0.15) is 0 Å². The number of hydrogen-bond donors (Lipinski definition) is 1. The van der Waals surface area contributed by atoms with Gasteiger partial charge in [0, 0.05) is 6.04 Å². The second-order valence-electron chi connectivity index (χ2n) is 6.51. The third-order valence-electron chi connectivity index (χ3n) is 3.98. The van der Waals surface area contributed by atoms with Crippen molar-refractivity contribution >= 4 is 0 Å². The van der Waals surface area contributed by atoms with E-state index in [1.807, 2.05) is 0 Å². The topological polar surface area (TPSA) is 12.0 Å². The molecule has 0 saturated heterocycles. The lowest BCUT2D eigenvalue weighted by Gasteiger charge is -2.33. The lowest BCUT2D eigenvalue weighted by Crippen LogP contribution is -2.40. The molecule has 0 aliphatic rings. The van der Waals surface area contributed by atoms with Gasteiger partial charge in [0.2, 0.25) is 0 Å². The summed E-state index contributed by atoms with van der Waals surface area (Å²) in [6.45, 7) is 9.09. The quantitative estimate of drug-likeness (QED) is 0.839. The molecule has 20 heavy (non-hydrogen) atoms. The first-order chi connectivity index (χ1) is 9.48. The molecular formula is C19H25N. The Bertz CT molecular complexity index is 471. The van der Waals surface area contributed by atoms with E-state index in [1.165, 1.54) is 11.1 Å². The number of rotatable bonds is 4. The average molecular weight is 267 g/mol. The van der Waals surface area contributed by atoms with Crippen LogP contribution in [0.15, 0.2) is 60.7 Å². The predicted molar refractivity (Wildman–Crippen MR) is 86.8 cm³/mol. The van der Waals surface area contributed by atoms with Gasteiger partial charge in [-0.05, 0) is 23.5 Å². The molecule has 0 bridgehead atoms. The summed E-state index contributed by atoms with van der Waals surface area (Å²) in [4.78, 5) is 0. The van der Waals surface area contributed by atoms with E-state index in [2.05, 4.69) is 93.7 Å². The maximum absolute atomic E-state index is 3.79. The van der Waals surface area contributed by atoms with Crippen LogP contribution in [0.4, 0.5) is 0 Å². The van der Waals surface area contributed by atoms with Crippen LogP contribution in [0.3, 0.4) is 0 Å². The van der Waals surface area contributed by atoms with Gasteiger partial charge in [0.25, 0.3) is 0 Å². The van der Waals surface area contributed by atoms with Gasteiger partial charge in [-0.25, -0.2) is 0 Å². The summed E-state index contributed by atoms with van der Waals surface area (Å²) in [6.07, 6.45) is 0. The van der Waals surface area contributed by atoms with E-state index in [-0.39, 0.29) is 11.5 Å². The van der Waals surface area contributed by atoms with Crippen LogP contribution in [0.25, 0.3) is 0 Å². The van der Waals surface area contributed by atoms with E-state index in [0.29, 0.717) is 6.04 Å². The van der Waals surface area contributed by atoms with Crippen molar-refractivity contribution < 1.29 is 0 Å². The lowest BCUT2D eigenvalue weighted by atomic mass is 9.86. The van der Waals surface area contributed by atoms with E-state index in [9.17, 15) is 0 Å². The molecule has 0 heterocycles. The maximum atomic E-state index is 3.79. The Labute approximate surface area is 123 Å². The highest BCUT2D eigenvalue weighted by Crippen LogP contribution is 2.26. The Morgan fingerprint density at radius 1 is 0.750 bits per heavy atom. The van der Waals surface area contributed by atoms with Crippen molar-refractivity contribution in [1.82, 2.24) is 5.32 Å². The molecule has 0 spiro atoms. The molecule has 0 amide bonds. The Hall–Kier alpha value is -1.60. The normalized spacial score (nSPS) is 13.4. The Morgan fingerprint density at radius 3 is 1.50 bits per heavy atom. The van der Waals surface area contributed by atoms with Crippen molar-refractivity contribution in [2.45, 2.75) is 39.8 Å². The van der Waals surface area contributed by atoms with E-state index in [0.717, 1.165) is 0 Å². The molecule has 0 saturated carbocycles. The zero-order valence-corrected chi connectivity index (χ0v) is 12.9. The third kappa shape index (κ3) is 3.71. The molecular weight excluding hydrogens is 242 g/mol. The molecule has 0 aliphatic heterocycles. The molecule has 1 nitrogen and oxygen atoms in total. The third-order valence-corrected chi connectivity index (χ3v) is 3.98. The number of benzene rings is 2. The Kier molecular flexibility index (Phi) is 4.61. The molecule has 2 aromatic rings. The van der Waals surface area contributed by atoms with Gasteiger partial charge < -0.3 is 5.32 Å². The molecule has 0 aromatic heterocycles. The van der Waals surface area contributed by atoms with Crippen LogP contribution in [0.5, 0.6) is 0 Å². The smallest absolute Gasteiger partial charge is 0.0578 e. The minimum Gasteiger partial charge on any atom is -0.303 e. The van der Waals surface area contributed by atoms with Crippen LogP contribution in [0.2, 0.25) is 0 Å². The van der Waals surface area contributed by atoms with E-state index < -0.39 is 0 Å². The lowest BCUT2D eigenvalue weighted by molar-refractivity contribution is 0.273. The highest BCUT2D eigenvalue weighted by Gasteiger charge is 2.24. The van der Waals surface area contributed by atoms with Crippen molar-refractivity contribution in [2.75, 3.05) is 0 Å². The summed E-state index contributed by atoms with van der Waals surface area (Å²) in [5, 5.41) is 3.79. The zero-order valence-electron chi connectivity index (χ0n) is 12.9. The maximum Gasteiger partial charge on any atom is 0.0578 e. The van der Waals surface area contributed by atoms with Crippen molar-refractivity contribution in [1.29, 1.82) is 0 Å². The summed E-state index contributed by atoms with van der Waals surface area (Å²) in [6, 6.07) is 22.0. The van der Waals surface area contributed by atoms with Gasteiger partial charge >= 0.3 is 0 Å². The van der Waals surface area contributed by atoms with Crippen LogP contribution in [-0.4, -0.2) is 6.04 Å². The standard InChI is InChI=1S/C19H25N/c1-15(19(2,3)4)20-18(16-11-7-5-8-12-16)17-13-9-6-10-14-17/h5-15,18,20H,1-4H3. The summed E-state index contributed by atoms with van der Waals surface area (Å²) in [7, 11) is 0. The molecule has 1 N–H and O–H groups in total. The molecule has 1 atom stereocenters. The molecule has 2 aromatic carbocycles. The van der Waals surface area contributed by atoms with Gasteiger partial charge in [0.15, 0.2) is 0 Å². The van der Waals surface area contributed by atoms with E-state index >= 15 is 0 Å². The molecule has 1 unspecified atom stereocenters. The first-order valence-corrected chi connectivity index (χ1v) is 7.34. The summed E-state index contributed by atoms with van der Waals surface area (Å²) >= 11 is 0. The second kappa shape index (κ2) is 6.23. The van der Waals surface area contributed by atoms with Crippen molar-refractivity contribution in [3.8, 4) is 0 Å².